The molecular formula is C10H17NO2. The molecule has 3 atom stereocenters. The Balaban J connectivity index is 2.59. The monoisotopic (exact) mass is 183 g/mol. The van der Waals surface area contributed by atoms with E-state index < -0.39 is 11.5 Å². The molecule has 1 N–H and O–H groups in total. The number of aliphatic hydroxyl groups excluding tert-OH is 1. The largest absolute Gasteiger partial charge is 0.389 e. The summed E-state index contributed by atoms with van der Waals surface area (Å²) in [5.74, 6) is 0. The summed E-state index contributed by atoms with van der Waals surface area (Å²) in [6.45, 7) is 5.47. The predicted molar refractivity (Wildman–Crippen MR) is 49.0 cm³/mol. The van der Waals surface area contributed by atoms with Crippen molar-refractivity contribution in [2.75, 3.05) is 0 Å². The second-order valence-electron chi connectivity index (χ2n) is 4.34. The van der Waals surface area contributed by atoms with Crippen molar-refractivity contribution in [1.82, 2.24) is 0 Å². The van der Waals surface area contributed by atoms with Crippen LogP contribution in [-0.2, 0) is 4.74 Å². The van der Waals surface area contributed by atoms with Crippen LogP contribution in [0.2, 0.25) is 0 Å². The van der Waals surface area contributed by atoms with Gasteiger partial charge in [-0.05, 0) is 33.6 Å². The second-order valence-corrected chi connectivity index (χ2v) is 4.34. The number of aliphatic hydroxyl groups is 1. The first-order valence-electron chi connectivity index (χ1n) is 4.72. The maximum atomic E-state index is 9.85. The lowest BCUT2D eigenvalue weighted by molar-refractivity contribution is -0.0630. The molecule has 1 aliphatic heterocycles. The van der Waals surface area contributed by atoms with E-state index in [2.05, 4.69) is 6.07 Å². The van der Waals surface area contributed by atoms with E-state index in [9.17, 15) is 5.11 Å². The van der Waals surface area contributed by atoms with Gasteiger partial charge in [0.15, 0.2) is 0 Å². The summed E-state index contributed by atoms with van der Waals surface area (Å²) in [5.41, 5.74) is -0.714. The van der Waals surface area contributed by atoms with Gasteiger partial charge < -0.3 is 9.84 Å². The molecule has 0 amide bonds. The molecule has 0 spiro atoms. The Hall–Kier alpha value is -0.590. The normalized spacial score (nSPS) is 31.3. The molecular weight excluding hydrogens is 166 g/mol. The maximum Gasteiger partial charge on any atom is 0.0982 e. The van der Waals surface area contributed by atoms with Gasteiger partial charge in [-0.15, -0.1) is 0 Å². The van der Waals surface area contributed by atoms with E-state index in [4.69, 9.17) is 10.00 Å². The standard InChI is InChI=1S/C10H17NO2/c1-7-4-5-8(13-7)9(12)10(2,3)6-11/h7-9,12H,4-5H2,1-3H3. The van der Waals surface area contributed by atoms with Crippen LogP contribution in [0, 0.1) is 16.7 Å². The molecule has 3 heteroatoms. The molecule has 0 aromatic rings. The minimum atomic E-state index is -0.714. The van der Waals surface area contributed by atoms with Crippen LogP contribution in [0.25, 0.3) is 0 Å². The minimum Gasteiger partial charge on any atom is -0.389 e. The van der Waals surface area contributed by atoms with Gasteiger partial charge >= 0.3 is 0 Å². The molecule has 0 saturated carbocycles. The summed E-state index contributed by atoms with van der Waals surface area (Å²) >= 11 is 0. The fraction of sp³-hybridized carbons (Fsp3) is 0.900. The van der Waals surface area contributed by atoms with E-state index in [0.717, 1.165) is 12.8 Å². The average molecular weight is 183 g/mol. The minimum absolute atomic E-state index is 0.162. The van der Waals surface area contributed by atoms with E-state index in [0.29, 0.717) is 0 Å². The van der Waals surface area contributed by atoms with Crippen LogP contribution < -0.4 is 0 Å². The zero-order valence-corrected chi connectivity index (χ0v) is 8.45. The van der Waals surface area contributed by atoms with Gasteiger partial charge in [0, 0.05) is 0 Å². The van der Waals surface area contributed by atoms with Crippen molar-refractivity contribution < 1.29 is 9.84 Å². The second kappa shape index (κ2) is 3.65. The molecule has 1 fully saturated rings. The summed E-state index contributed by atoms with van der Waals surface area (Å²) in [5, 5.41) is 18.7. The Bertz CT molecular complexity index is 219. The number of nitriles is 1. The van der Waals surface area contributed by atoms with Gasteiger partial charge in [0.1, 0.15) is 0 Å². The van der Waals surface area contributed by atoms with Gasteiger partial charge in [-0.2, -0.15) is 5.26 Å². The Morgan fingerprint density at radius 1 is 1.54 bits per heavy atom. The molecule has 1 aliphatic rings. The molecule has 0 radical (unpaired) electrons. The summed E-state index contributed by atoms with van der Waals surface area (Å²) < 4.78 is 5.51. The van der Waals surface area contributed by atoms with E-state index in [-0.39, 0.29) is 12.2 Å². The molecule has 3 nitrogen and oxygen atoms in total. The number of ether oxygens (including phenoxy) is 1. The molecule has 0 aromatic carbocycles. The van der Waals surface area contributed by atoms with Crippen LogP contribution >= 0.6 is 0 Å². The topological polar surface area (TPSA) is 53.2 Å². The molecule has 13 heavy (non-hydrogen) atoms. The van der Waals surface area contributed by atoms with Crippen molar-refractivity contribution in [2.24, 2.45) is 5.41 Å². The highest BCUT2D eigenvalue weighted by molar-refractivity contribution is 5.00. The fourth-order valence-electron chi connectivity index (χ4n) is 1.60. The molecule has 0 aromatic heterocycles. The van der Waals surface area contributed by atoms with Gasteiger partial charge in [0.25, 0.3) is 0 Å². The molecule has 1 rings (SSSR count). The Kier molecular flexibility index (Phi) is 2.94. The van der Waals surface area contributed by atoms with Crippen molar-refractivity contribution in [3.05, 3.63) is 0 Å². The summed E-state index contributed by atoms with van der Waals surface area (Å²) in [7, 11) is 0. The zero-order chi connectivity index (χ0) is 10.1. The van der Waals surface area contributed by atoms with Gasteiger partial charge in [-0.3, -0.25) is 0 Å². The van der Waals surface area contributed by atoms with Crippen molar-refractivity contribution in [3.8, 4) is 6.07 Å². The number of rotatable bonds is 2. The molecule has 0 aliphatic carbocycles. The van der Waals surface area contributed by atoms with E-state index in [1.165, 1.54) is 0 Å². The number of nitrogens with zero attached hydrogens (tertiary/aromatic N) is 1. The van der Waals surface area contributed by atoms with Crippen LogP contribution in [0.3, 0.4) is 0 Å². The number of hydrogen-bond acceptors (Lipinski definition) is 3. The van der Waals surface area contributed by atoms with Crippen LogP contribution in [-0.4, -0.2) is 23.4 Å². The first-order chi connectivity index (χ1) is 5.97. The van der Waals surface area contributed by atoms with Gasteiger partial charge in [0.2, 0.25) is 0 Å². The SMILES string of the molecule is CC1CCC(C(O)C(C)(C)C#N)O1. The van der Waals surface area contributed by atoms with Crippen LogP contribution in [0.5, 0.6) is 0 Å². The molecule has 1 saturated heterocycles. The van der Waals surface area contributed by atoms with E-state index in [1.54, 1.807) is 13.8 Å². The Morgan fingerprint density at radius 3 is 2.54 bits per heavy atom. The first-order valence-corrected chi connectivity index (χ1v) is 4.72. The molecule has 1 heterocycles. The van der Waals surface area contributed by atoms with Crippen molar-refractivity contribution in [3.63, 3.8) is 0 Å². The van der Waals surface area contributed by atoms with Crippen molar-refractivity contribution in [2.45, 2.75) is 51.9 Å². The summed E-state index contributed by atoms with van der Waals surface area (Å²) in [6.07, 6.45) is 1.21. The Morgan fingerprint density at radius 2 is 2.15 bits per heavy atom. The van der Waals surface area contributed by atoms with Crippen molar-refractivity contribution in [1.29, 1.82) is 5.26 Å². The lowest BCUT2D eigenvalue weighted by Gasteiger charge is -2.27. The third-order valence-electron chi connectivity index (χ3n) is 2.64. The highest BCUT2D eigenvalue weighted by Gasteiger charge is 2.38. The van der Waals surface area contributed by atoms with Gasteiger partial charge in [0.05, 0.1) is 29.8 Å². The van der Waals surface area contributed by atoms with Gasteiger partial charge in [-0.1, -0.05) is 0 Å². The van der Waals surface area contributed by atoms with E-state index >= 15 is 0 Å². The van der Waals surface area contributed by atoms with Gasteiger partial charge in [-0.25, -0.2) is 0 Å². The fourth-order valence-corrected chi connectivity index (χ4v) is 1.60. The third-order valence-corrected chi connectivity index (χ3v) is 2.64. The van der Waals surface area contributed by atoms with Crippen LogP contribution in [0.15, 0.2) is 0 Å². The lowest BCUT2D eigenvalue weighted by Crippen LogP contribution is -2.38. The summed E-state index contributed by atoms with van der Waals surface area (Å²) in [6, 6.07) is 2.10. The smallest absolute Gasteiger partial charge is 0.0982 e. The quantitative estimate of drug-likeness (QED) is 0.705. The summed E-state index contributed by atoms with van der Waals surface area (Å²) in [4.78, 5) is 0. The Labute approximate surface area is 79.3 Å². The average Bonchev–Trinajstić information content (AvgIpc) is 2.50. The molecule has 3 unspecified atom stereocenters. The van der Waals surface area contributed by atoms with Crippen LogP contribution in [0.4, 0.5) is 0 Å². The van der Waals surface area contributed by atoms with Crippen LogP contribution in [0.1, 0.15) is 33.6 Å². The zero-order valence-electron chi connectivity index (χ0n) is 8.45. The van der Waals surface area contributed by atoms with Crippen molar-refractivity contribution >= 4 is 0 Å². The van der Waals surface area contributed by atoms with E-state index in [1.807, 2.05) is 6.92 Å². The maximum absolute atomic E-state index is 9.85. The molecule has 74 valence electrons. The lowest BCUT2D eigenvalue weighted by atomic mass is 9.84. The highest BCUT2D eigenvalue weighted by atomic mass is 16.5. The predicted octanol–water partition coefficient (Wildman–Crippen LogP) is 1.46. The third kappa shape index (κ3) is 2.20. The highest BCUT2D eigenvalue weighted by Crippen LogP contribution is 2.30. The number of hydrogen-bond donors (Lipinski definition) is 1. The molecule has 0 bridgehead atoms. The first kappa shape index (κ1) is 10.5.